The Morgan fingerprint density at radius 3 is 2.52 bits per heavy atom. The summed E-state index contributed by atoms with van der Waals surface area (Å²) in [5.74, 6) is 1.08. The maximum Gasteiger partial charge on any atom is 0.407 e. The number of amides is 4. The Bertz CT molecular complexity index is 567. The molecule has 0 aromatic rings. The van der Waals surface area contributed by atoms with Crippen LogP contribution in [0.2, 0.25) is 0 Å². The van der Waals surface area contributed by atoms with Gasteiger partial charge in [-0.2, -0.15) is 11.8 Å². The Labute approximate surface area is 178 Å². The number of hydrogen-bond donors (Lipinski definition) is 4. The molecule has 0 bridgehead atoms. The molecule has 2 heterocycles. The highest BCUT2D eigenvalue weighted by Crippen LogP contribution is 2.33. The highest BCUT2D eigenvalue weighted by Gasteiger charge is 2.42. The molecule has 8 nitrogen and oxygen atoms in total. The average molecular weight is 429 g/mol. The topological polar surface area (TPSA) is 109 Å². The van der Waals surface area contributed by atoms with Crippen molar-refractivity contribution in [3.05, 3.63) is 0 Å². The van der Waals surface area contributed by atoms with Crippen LogP contribution in [0.5, 0.6) is 0 Å². The lowest BCUT2D eigenvalue weighted by Gasteiger charge is -2.19. The van der Waals surface area contributed by atoms with Crippen LogP contribution in [0.3, 0.4) is 0 Å². The third-order valence-electron chi connectivity index (χ3n) is 4.92. The summed E-state index contributed by atoms with van der Waals surface area (Å²) in [5, 5.41) is 12.1. The van der Waals surface area contributed by atoms with Gasteiger partial charge in [0.2, 0.25) is 5.91 Å². The van der Waals surface area contributed by atoms with E-state index in [1.165, 1.54) is 0 Å². The fourth-order valence-corrected chi connectivity index (χ4v) is 5.07. The highest BCUT2D eigenvalue weighted by molar-refractivity contribution is 8.00. The van der Waals surface area contributed by atoms with Crippen LogP contribution in [0.1, 0.15) is 65.7 Å². The van der Waals surface area contributed by atoms with Crippen molar-refractivity contribution < 1.29 is 19.1 Å². The van der Waals surface area contributed by atoms with Crippen molar-refractivity contribution in [2.24, 2.45) is 0 Å². The standard InChI is InChI=1S/C20H36N4O4S/c1-20(2,3)28-19(27)22-12-8-4-7-11-21-16(25)10-6-5-9-15-17-14(13-29-15)23-18(26)24-17/h14-15,17H,4-13H2,1-3H3,(H,21,25)(H,22,27)(H2,23,24,26). The minimum Gasteiger partial charge on any atom is -0.444 e. The third kappa shape index (κ3) is 9.14. The van der Waals surface area contributed by atoms with E-state index in [0.29, 0.717) is 24.8 Å². The van der Waals surface area contributed by atoms with Gasteiger partial charge in [-0.15, -0.1) is 0 Å². The average Bonchev–Trinajstić information content (AvgIpc) is 3.15. The molecule has 0 aromatic carbocycles. The molecule has 2 fully saturated rings. The maximum absolute atomic E-state index is 11.9. The molecule has 9 heteroatoms. The fraction of sp³-hybridized carbons (Fsp3) is 0.850. The van der Waals surface area contributed by atoms with Crippen molar-refractivity contribution in [3.63, 3.8) is 0 Å². The second kappa shape index (κ2) is 11.5. The van der Waals surface area contributed by atoms with E-state index in [-0.39, 0.29) is 30.1 Å². The number of rotatable bonds is 11. The van der Waals surface area contributed by atoms with Crippen molar-refractivity contribution in [3.8, 4) is 0 Å². The van der Waals surface area contributed by atoms with E-state index >= 15 is 0 Å². The monoisotopic (exact) mass is 428 g/mol. The largest absolute Gasteiger partial charge is 0.444 e. The lowest BCUT2D eigenvalue weighted by Crippen LogP contribution is -2.36. The fourth-order valence-electron chi connectivity index (χ4n) is 3.52. The maximum atomic E-state index is 11.9. The van der Waals surface area contributed by atoms with Gasteiger partial charge >= 0.3 is 12.1 Å². The molecule has 166 valence electrons. The van der Waals surface area contributed by atoms with E-state index in [2.05, 4.69) is 21.3 Å². The van der Waals surface area contributed by atoms with Crippen LogP contribution < -0.4 is 21.3 Å². The van der Waals surface area contributed by atoms with E-state index in [1.807, 2.05) is 32.5 Å². The molecular formula is C20H36N4O4S. The molecule has 29 heavy (non-hydrogen) atoms. The van der Waals surface area contributed by atoms with Gasteiger partial charge in [-0.25, -0.2) is 9.59 Å². The summed E-state index contributed by atoms with van der Waals surface area (Å²) in [4.78, 5) is 34.8. The molecule has 3 atom stereocenters. The van der Waals surface area contributed by atoms with Crippen LogP contribution in [0.4, 0.5) is 9.59 Å². The molecule has 0 aromatic heterocycles. The summed E-state index contributed by atoms with van der Waals surface area (Å²) < 4.78 is 5.17. The number of thioether (sulfide) groups is 1. The van der Waals surface area contributed by atoms with Crippen molar-refractivity contribution in [2.45, 2.75) is 88.7 Å². The molecule has 0 spiro atoms. The first-order valence-corrected chi connectivity index (χ1v) is 11.7. The summed E-state index contributed by atoms with van der Waals surface area (Å²) >= 11 is 1.91. The summed E-state index contributed by atoms with van der Waals surface area (Å²) in [7, 11) is 0. The Kier molecular flexibility index (Phi) is 9.39. The van der Waals surface area contributed by atoms with Crippen molar-refractivity contribution in [1.82, 2.24) is 21.3 Å². The predicted octanol–water partition coefficient (Wildman–Crippen LogP) is 2.52. The van der Waals surface area contributed by atoms with Gasteiger partial charge < -0.3 is 26.0 Å². The number of alkyl carbamates (subject to hydrolysis) is 1. The zero-order valence-electron chi connectivity index (χ0n) is 17.8. The molecule has 2 saturated heterocycles. The second-order valence-corrected chi connectivity index (χ2v) is 9.98. The van der Waals surface area contributed by atoms with Gasteiger partial charge in [-0.3, -0.25) is 4.79 Å². The molecule has 2 aliphatic heterocycles. The zero-order valence-corrected chi connectivity index (χ0v) is 18.7. The molecule has 0 radical (unpaired) electrons. The molecule has 2 aliphatic rings. The third-order valence-corrected chi connectivity index (χ3v) is 6.43. The van der Waals surface area contributed by atoms with Crippen molar-refractivity contribution in [1.29, 1.82) is 0 Å². The highest BCUT2D eigenvalue weighted by atomic mass is 32.2. The Morgan fingerprint density at radius 2 is 1.79 bits per heavy atom. The van der Waals surface area contributed by atoms with Crippen molar-refractivity contribution >= 4 is 29.8 Å². The quantitative estimate of drug-likeness (QED) is 0.299. The summed E-state index contributed by atoms with van der Waals surface area (Å²) in [6.07, 6.45) is 5.78. The van der Waals surface area contributed by atoms with Crippen LogP contribution >= 0.6 is 11.8 Å². The van der Waals surface area contributed by atoms with Gasteiger partial charge in [-0.1, -0.05) is 6.42 Å². The van der Waals surface area contributed by atoms with E-state index in [0.717, 1.165) is 44.3 Å². The molecular weight excluding hydrogens is 392 g/mol. The first kappa shape index (κ1) is 23.6. The van der Waals surface area contributed by atoms with Gasteiger partial charge in [0, 0.05) is 30.5 Å². The van der Waals surface area contributed by atoms with E-state index in [9.17, 15) is 14.4 Å². The molecule has 4 N–H and O–H groups in total. The van der Waals surface area contributed by atoms with Crippen LogP contribution in [0.15, 0.2) is 0 Å². The summed E-state index contributed by atoms with van der Waals surface area (Å²) in [6.45, 7) is 6.77. The molecule has 3 unspecified atom stereocenters. The Morgan fingerprint density at radius 1 is 1.07 bits per heavy atom. The predicted molar refractivity (Wildman–Crippen MR) is 115 cm³/mol. The van der Waals surface area contributed by atoms with Crippen molar-refractivity contribution in [2.75, 3.05) is 18.8 Å². The van der Waals surface area contributed by atoms with Gasteiger partial charge in [0.05, 0.1) is 12.1 Å². The minimum atomic E-state index is -0.476. The van der Waals surface area contributed by atoms with Crippen LogP contribution in [0.25, 0.3) is 0 Å². The summed E-state index contributed by atoms with van der Waals surface area (Å²) in [6, 6.07) is 0.455. The number of unbranched alkanes of at least 4 members (excludes halogenated alkanes) is 3. The smallest absolute Gasteiger partial charge is 0.407 e. The Hall–Kier alpha value is -1.64. The molecule has 4 amide bonds. The molecule has 0 aliphatic carbocycles. The van der Waals surface area contributed by atoms with Crippen LogP contribution in [0, 0.1) is 0 Å². The van der Waals surface area contributed by atoms with E-state index in [1.54, 1.807) is 0 Å². The number of ether oxygens (including phenoxy) is 1. The Balaban J connectivity index is 1.40. The zero-order chi connectivity index (χ0) is 21.3. The van der Waals surface area contributed by atoms with Gasteiger partial charge in [-0.05, 0) is 52.9 Å². The van der Waals surface area contributed by atoms with Gasteiger partial charge in [0.15, 0.2) is 0 Å². The second-order valence-electron chi connectivity index (χ2n) is 8.71. The number of hydrogen-bond acceptors (Lipinski definition) is 5. The minimum absolute atomic E-state index is 0.0506. The lowest BCUT2D eigenvalue weighted by atomic mass is 10.0. The number of carbonyl (C=O) groups excluding carboxylic acids is 3. The van der Waals surface area contributed by atoms with E-state index < -0.39 is 5.60 Å². The van der Waals surface area contributed by atoms with Crippen LogP contribution in [-0.4, -0.2) is 59.8 Å². The van der Waals surface area contributed by atoms with Gasteiger partial charge in [0.25, 0.3) is 0 Å². The molecule has 2 rings (SSSR count). The number of carbonyl (C=O) groups is 3. The first-order valence-electron chi connectivity index (χ1n) is 10.7. The SMILES string of the molecule is CC(C)(C)OC(=O)NCCCCCNC(=O)CCCCC1SCC2NC(=O)NC21. The summed E-state index contributed by atoms with van der Waals surface area (Å²) in [5.41, 5.74) is -0.476. The normalized spacial score (nSPS) is 23.1. The number of urea groups is 1. The lowest BCUT2D eigenvalue weighted by molar-refractivity contribution is -0.121. The van der Waals surface area contributed by atoms with E-state index in [4.69, 9.17) is 4.74 Å². The number of nitrogens with one attached hydrogen (secondary N) is 4. The van der Waals surface area contributed by atoms with Gasteiger partial charge in [0.1, 0.15) is 5.60 Å². The van der Waals surface area contributed by atoms with Crippen LogP contribution in [-0.2, 0) is 9.53 Å². The first-order chi connectivity index (χ1) is 13.7. The molecule has 0 saturated carbocycles. The number of fused-ring (bicyclic) bond motifs is 1.